The second-order valence-electron chi connectivity index (χ2n) is 9.11. The van der Waals surface area contributed by atoms with Crippen molar-refractivity contribution in [2.45, 2.75) is 32.4 Å². The minimum atomic E-state index is -0.327. The third-order valence-corrected chi connectivity index (χ3v) is 6.94. The van der Waals surface area contributed by atoms with E-state index < -0.39 is 0 Å². The van der Waals surface area contributed by atoms with E-state index in [0.29, 0.717) is 24.0 Å². The highest BCUT2D eigenvalue weighted by Crippen LogP contribution is 2.25. The lowest BCUT2D eigenvalue weighted by molar-refractivity contribution is -0.133. The summed E-state index contributed by atoms with van der Waals surface area (Å²) in [4.78, 5) is 51.4. The first-order valence-corrected chi connectivity index (χ1v) is 13.2. The molecule has 0 aliphatic carbocycles. The number of fused-ring (bicyclic) bond motifs is 1. The molecule has 3 N–H and O–H groups in total. The Morgan fingerprint density at radius 3 is 2.61 bits per heavy atom. The third-order valence-electron chi connectivity index (χ3n) is 6.44. The number of anilines is 1. The van der Waals surface area contributed by atoms with E-state index in [1.807, 2.05) is 49.4 Å². The molecular weight excluding hydrogens is 550 g/mol. The van der Waals surface area contributed by atoms with Crippen LogP contribution < -0.4 is 16.0 Å². The molecule has 1 aromatic heterocycles. The Labute approximate surface area is 229 Å². The molecule has 1 saturated heterocycles. The normalized spacial score (nSPS) is 13.1. The van der Waals surface area contributed by atoms with Gasteiger partial charge in [-0.2, -0.15) is 0 Å². The van der Waals surface area contributed by atoms with Crippen LogP contribution in [0.4, 0.5) is 5.69 Å². The maximum Gasteiger partial charge on any atom is 0.253 e. The lowest BCUT2D eigenvalue weighted by Gasteiger charge is -2.38. The number of nitrogens with one attached hydrogen (secondary N) is 3. The van der Waals surface area contributed by atoms with Gasteiger partial charge >= 0.3 is 0 Å². The van der Waals surface area contributed by atoms with Gasteiger partial charge in [0.1, 0.15) is 6.54 Å². The van der Waals surface area contributed by atoms with Crippen LogP contribution in [0.25, 0.3) is 10.9 Å². The van der Waals surface area contributed by atoms with Crippen LogP contribution in [0.2, 0.25) is 0 Å². The summed E-state index contributed by atoms with van der Waals surface area (Å²) in [6.45, 7) is 6.58. The minimum absolute atomic E-state index is 0.0244. The van der Waals surface area contributed by atoms with Crippen molar-refractivity contribution in [3.63, 3.8) is 0 Å². The molecule has 9 nitrogen and oxygen atoms in total. The SMILES string of the molecule is C=CC(=O)N1CC(NC(=O)Cn2cc(C(=O)NCCC(=O)Nc3ccccc3CC)c3cc(Br)ccc32)C1. The monoisotopic (exact) mass is 579 g/mol. The van der Waals surface area contributed by atoms with E-state index in [9.17, 15) is 19.2 Å². The van der Waals surface area contributed by atoms with E-state index in [2.05, 4.69) is 38.5 Å². The van der Waals surface area contributed by atoms with Gasteiger partial charge in [0.25, 0.3) is 5.91 Å². The van der Waals surface area contributed by atoms with Gasteiger partial charge in [0.15, 0.2) is 0 Å². The highest BCUT2D eigenvalue weighted by Gasteiger charge is 2.30. The molecule has 2 heterocycles. The number of benzene rings is 2. The zero-order valence-electron chi connectivity index (χ0n) is 21.1. The van der Waals surface area contributed by atoms with Gasteiger partial charge in [-0.15, -0.1) is 0 Å². The molecule has 1 fully saturated rings. The number of aromatic nitrogens is 1. The lowest BCUT2D eigenvalue weighted by atomic mass is 10.1. The molecule has 0 spiro atoms. The Hall–Kier alpha value is -3.92. The Bertz CT molecular complexity index is 1390. The summed E-state index contributed by atoms with van der Waals surface area (Å²) >= 11 is 3.45. The first-order valence-electron chi connectivity index (χ1n) is 12.4. The topological polar surface area (TPSA) is 113 Å². The van der Waals surface area contributed by atoms with Crippen molar-refractivity contribution in [1.82, 2.24) is 20.1 Å². The highest BCUT2D eigenvalue weighted by molar-refractivity contribution is 9.10. The molecule has 198 valence electrons. The number of hydrogen-bond donors (Lipinski definition) is 3. The fourth-order valence-electron chi connectivity index (χ4n) is 4.44. The quantitative estimate of drug-likeness (QED) is 0.320. The predicted molar refractivity (Wildman–Crippen MR) is 150 cm³/mol. The number of amides is 4. The lowest BCUT2D eigenvalue weighted by Crippen LogP contribution is -2.61. The largest absolute Gasteiger partial charge is 0.351 e. The molecule has 0 saturated carbocycles. The average molecular weight is 580 g/mol. The maximum atomic E-state index is 13.1. The summed E-state index contributed by atoms with van der Waals surface area (Å²) in [5.74, 6) is -0.878. The average Bonchev–Trinajstić information content (AvgIpc) is 3.22. The molecule has 0 unspecified atom stereocenters. The summed E-state index contributed by atoms with van der Waals surface area (Å²) in [6.07, 6.45) is 3.84. The number of para-hydroxylation sites is 1. The minimum Gasteiger partial charge on any atom is -0.351 e. The Morgan fingerprint density at radius 2 is 1.87 bits per heavy atom. The van der Waals surface area contributed by atoms with Crippen LogP contribution >= 0.6 is 15.9 Å². The third kappa shape index (κ3) is 6.31. The molecule has 1 aliphatic heterocycles. The molecule has 0 atom stereocenters. The predicted octanol–water partition coefficient (Wildman–Crippen LogP) is 3.24. The van der Waals surface area contributed by atoms with Crippen molar-refractivity contribution >= 4 is 56.1 Å². The molecule has 4 rings (SSSR count). The second-order valence-corrected chi connectivity index (χ2v) is 10.0. The first kappa shape index (κ1) is 27.1. The van der Waals surface area contributed by atoms with Crippen LogP contribution in [0.15, 0.2) is 65.8 Å². The number of hydrogen-bond acceptors (Lipinski definition) is 4. The van der Waals surface area contributed by atoms with E-state index >= 15 is 0 Å². The van der Waals surface area contributed by atoms with E-state index in [4.69, 9.17) is 0 Å². The van der Waals surface area contributed by atoms with Gasteiger partial charge in [0, 0.05) is 53.3 Å². The molecule has 0 bridgehead atoms. The molecular formula is C28H30BrN5O4. The molecule has 3 aromatic rings. The number of likely N-dealkylation sites (tertiary alicyclic amines) is 1. The van der Waals surface area contributed by atoms with Crippen molar-refractivity contribution in [2.75, 3.05) is 25.0 Å². The Kier molecular flexibility index (Phi) is 8.62. The Morgan fingerprint density at radius 1 is 1.11 bits per heavy atom. The van der Waals surface area contributed by atoms with Gasteiger partial charge < -0.3 is 25.4 Å². The zero-order valence-corrected chi connectivity index (χ0v) is 22.7. The summed E-state index contributed by atoms with van der Waals surface area (Å²) in [6, 6.07) is 13.0. The van der Waals surface area contributed by atoms with Crippen molar-refractivity contribution in [3.05, 3.63) is 76.9 Å². The van der Waals surface area contributed by atoms with E-state index in [-0.39, 0.29) is 49.2 Å². The van der Waals surface area contributed by atoms with E-state index in [1.54, 1.807) is 15.7 Å². The summed E-state index contributed by atoms with van der Waals surface area (Å²) < 4.78 is 2.53. The second kappa shape index (κ2) is 12.1. The van der Waals surface area contributed by atoms with Gasteiger partial charge in [-0.1, -0.05) is 47.6 Å². The molecule has 38 heavy (non-hydrogen) atoms. The Balaban J connectivity index is 1.37. The van der Waals surface area contributed by atoms with Gasteiger partial charge in [-0.3, -0.25) is 19.2 Å². The number of carbonyl (C=O) groups excluding carboxylic acids is 4. The van der Waals surface area contributed by atoms with Crippen LogP contribution in [0.3, 0.4) is 0 Å². The summed E-state index contributed by atoms with van der Waals surface area (Å²) in [5.41, 5.74) is 2.98. The van der Waals surface area contributed by atoms with Crippen molar-refractivity contribution in [2.24, 2.45) is 0 Å². The van der Waals surface area contributed by atoms with Crippen LogP contribution in [-0.2, 0) is 27.3 Å². The van der Waals surface area contributed by atoms with E-state index in [0.717, 1.165) is 27.7 Å². The number of rotatable bonds is 10. The van der Waals surface area contributed by atoms with Crippen molar-refractivity contribution in [3.8, 4) is 0 Å². The van der Waals surface area contributed by atoms with E-state index in [1.165, 1.54) is 6.08 Å². The molecule has 10 heteroatoms. The smallest absolute Gasteiger partial charge is 0.253 e. The van der Waals surface area contributed by atoms with Gasteiger partial charge in [-0.25, -0.2) is 0 Å². The van der Waals surface area contributed by atoms with Gasteiger partial charge in [0.05, 0.1) is 11.6 Å². The zero-order chi connectivity index (χ0) is 27.2. The summed E-state index contributed by atoms with van der Waals surface area (Å²) in [7, 11) is 0. The van der Waals surface area contributed by atoms with Gasteiger partial charge in [-0.05, 0) is 42.3 Å². The molecule has 0 radical (unpaired) electrons. The fourth-order valence-corrected chi connectivity index (χ4v) is 4.80. The molecule has 2 aromatic carbocycles. The molecule has 1 aliphatic rings. The highest BCUT2D eigenvalue weighted by atomic mass is 79.9. The maximum absolute atomic E-state index is 13.1. The number of halogens is 1. The van der Waals surface area contributed by atoms with Crippen molar-refractivity contribution in [1.29, 1.82) is 0 Å². The summed E-state index contributed by atoms with van der Waals surface area (Å²) in [5, 5.41) is 9.34. The number of aryl methyl sites for hydroxylation is 1. The fraction of sp³-hybridized carbons (Fsp3) is 0.286. The first-order chi connectivity index (χ1) is 18.3. The van der Waals surface area contributed by atoms with Crippen LogP contribution in [0.1, 0.15) is 29.3 Å². The van der Waals surface area contributed by atoms with Crippen LogP contribution in [0, 0.1) is 0 Å². The number of carbonyl (C=O) groups is 4. The van der Waals surface area contributed by atoms with Crippen LogP contribution in [-0.4, -0.2) is 58.8 Å². The van der Waals surface area contributed by atoms with Crippen LogP contribution in [0.5, 0.6) is 0 Å². The van der Waals surface area contributed by atoms with Crippen molar-refractivity contribution < 1.29 is 19.2 Å². The molecule has 4 amide bonds. The van der Waals surface area contributed by atoms with Gasteiger partial charge in [0.2, 0.25) is 17.7 Å². The number of nitrogens with zero attached hydrogens (tertiary/aromatic N) is 2. The standard InChI is InChI=1S/C28H30BrN5O4/c1-3-18-7-5-6-8-23(18)32-25(35)11-12-30-28(38)22-16-33(24-10-9-19(29)13-21(22)24)17-26(36)31-20-14-34(15-20)27(37)4-2/h4-10,13,16,20H,2-3,11-12,14-15,17H2,1H3,(H,30,38)(H,31,36)(H,32,35).